The minimum absolute atomic E-state index is 0.0435. The molecule has 0 aromatic carbocycles. The van der Waals surface area contributed by atoms with Gasteiger partial charge in [0.1, 0.15) is 0 Å². The maximum absolute atomic E-state index is 11.8. The molecule has 3 nitrogen and oxygen atoms in total. The van der Waals surface area contributed by atoms with Gasteiger partial charge in [0.25, 0.3) is 0 Å². The SMILES string of the molecule is NCc1nc(OCCCC(F)(F)F)ccc1Cl. The number of hydrogen-bond acceptors (Lipinski definition) is 3. The van der Waals surface area contributed by atoms with Crippen molar-refractivity contribution >= 4 is 11.6 Å². The van der Waals surface area contributed by atoms with Crippen molar-refractivity contribution in [3.63, 3.8) is 0 Å². The lowest BCUT2D eigenvalue weighted by Gasteiger charge is -2.08. The topological polar surface area (TPSA) is 48.1 Å². The minimum Gasteiger partial charge on any atom is -0.478 e. The van der Waals surface area contributed by atoms with Gasteiger partial charge in [0, 0.05) is 19.0 Å². The van der Waals surface area contributed by atoms with Crippen LogP contribution < -0.4 is 10.5 Å². The number of nitrogens with zero attached hydrogens (tertiary/aromatic N) is 1. The Morgan fingerprint density at radius 3 is 2.65 bits per heavy atom. The summed E-state index contributed by atoms with van der Waals surface area (Å²) in [6, 6.07) is 3.05. The van der Waals surface area contributed by atoms with Crippen LogP contribution in [0.15, 0.2) is 12.1 Å². The van der Waals surface area contributed by atoms with Gasteiger partial charge in [-0.2, -0.15) is 13.2 Å². The smallest absolute Gasteiger partial charge is 0.389 e. The molecule has 0 unspecified atom stereocenters. The van der Waals surface area contributed by atoms with Gasteiger partial charge in [-0.15, -0.1) is 0 Å². The monoisotopic (exact) mass is 268 g/mol. The predicted octanol–water partition coefficient (Wildman–Crippen LogP) is 2.92. The molecule has 1 heterocycles. The molecule has 0 saturated heterocycles. The van der Waals surface area contributed by atoms with Crippen LogP contribution in [0.5, 0.6) is 5.88 Å². The largest absolute Gasteiger partial charge is 0.478 e. The Bertz CT molecular complexity index is 371. The number of alkyl halides is 3. The van der Waals surface area contributed by atoms with Crippen LogP contribution in [-0.2, 0) is 6.54 Å². The minimum atomic E-state index is -4.15. The summed E-state index contributed by atoms with van der Waals surface area (Å²) in [4.78, 5) is 3.96. The molecule has 0 fully saturated rings. The first kappa shape index (κ1) is 14.1. The third-order valence-electron chi connectivity index (χ3n) is 1.94. The highest BCUT2D eigenvalue weighted by atomic mass is 35.5. The Morgan fingerprint density at radius 2 is 2.06 bits per heavy atom. The highest BCUT2D eigenvalue weighted by molar-refractivity contribution is 6.31. The highest BCUT2D eigenvalue weighted by Crippen LogP contribution is 2.22. The number of nitrogens with two attached hydrogens (primary N) is 1. The van der Waals surface area contributed by atoms with Gasteiger partial charge in [-0.25, -0.2) is 4.98 Å². The summed E-state index contributed by atoms with van der Waals surface area (Å²) < 4.78 is 40.6. The van der Waals surface area contributed by atoms with Crippen molar-refractivity contribution in [2.45, 2.75) is 25.6 Å². The van der Waals surface area contributed by atoms with E-state index in [1.807, 2.05) is 0 Å². The number of ether oxygens (including phenoxy) is 1. The summed E-state index contributed by atoms with van der Waals surface area (Å²) >= 11 is 5.77. The van der Waals surface area contributed by atoms with Crippen molar-refractivity contribution in [2.24, 2.45) is 5.73 Å². The molecule has 0 amide bonds. The van der Waals surface area contributed by atoms with Crippen molar-refractivity contribution in [3.8, 4) is 5.88 Å². The first-order valence-corrected chi connectivity index (χ1v) is 5.35. The predicted molar refractivity (Wildman–Crippen MR) is 57.9 cm³/mol. The quantitative estimate of drug-likeness (QED) is 0.836. The number of pyridine rings is 1. The summed E-state index contributed by atoms with van der Waals surface area (Å²) in [5.41, 5.74) is 5.84. The molecule has 1 rings (SSSR count). The second kappa shape index (κ2) is 6.07. The molecule has 0 aliphatic heterocycles. The average Bonchev–Trinajstić information content (AvgIpc) is 2.25. The summed E-state index contributed by atoms with van der Waals surface area (Å²) in [5.74, 6) is 0.233. The maximum atomic E-state index is 11.8. The van der Waals surface area contributed by atoms with E-state index in [9.17, 15) is 13.2 Å². The fourth-order valence-electron chi connectivity index (χ4n) is 1.14. The molecule has 0 radical (unpaired) electrons. The van der Waals surface area contributed by atoms with E-state index in [2.05, 4.69) is 4.98 Å². The molecule has 0 aliphatic carbocycles. The number of rotatable bonds is 5. The van der Waals surface area contributed by atoms with E-state index in [-0.39, 0.29) is 25.5 Å². The Balaban J connectivity index is 2.42. The highest BCUT2D eigenvalue weighted by Gasteiger charge is 2.26. The fourth-order valence-corrected chi connectivity index (χ4v) is 1.32. The third kappa shape index (κ3) is 5.23. The van der Waals surface area contributed by atoms with Gasteiger partial charge in [0.15, 0.2) is 0 Å². The zero-order valence-corrected chi connectivity index (χ0v) is 9.68. The molecule has 17 heavy (non-hydrogen) atoms. The lowest BCUT2D eigenvalue weighted by Crippen LogP contribution is -2.10. The molecule has 1 aromatic rings. The van der Waals surface area contributed by atoms with Crippen LogP contribution in [0.3, 0.4) is 0 Å². The molecule has 0 spiro atoms. The van der Waals surface area contributed by atoms with Crippen molar-refractivity contribution in [3.05, 3.63) is 22.8 Å². The van der Waals surface area contributed by atoms with E-state index < -0.39 is 12.6 Å². The van der Waals surface area contributed by atoms with Crippen LogP contribution in [0.4, 0.5) is 13.2 Å². The van der Waals surface area contributed by atoms with Gasteiger partial charge in [-0.3, -0.25) is 0 Å². The van der Waals surface area contributed by atoms with E-state index in [0.717, 1.165) is 0 Å². The van der Waals surface area contributed by atoms with E-state index in [1.165, 1.54) is 6.07 Å². The van der Waals surface area contributed by atoms with Crippen molar-refractivity contribution in [2.75, 3.05) is 6.61 Å². The van der Waals surface area contributed by atoms with Crippen molar-refractivity contribution in [1.82, 2.24) is 4.98 Å². The molecule has 0 saturated carbocycles. The van der Waals surface area contributed by atoms with E-state index in [1.54, 1.807) is 6.07 Å². The van der Waals surface area contributed by atoms with Crippen LogP contribution >= 0.6 is 11.6 Å². The van der Waals surface area contributed by atoms with Gasteiger partial charge < -0.3 is 10.5 Å². The van der Waals surface area contributed by atoms with E-state index in [0.29, 0.717) is 10.7 Å². The van der Waals surface area contributed by atoms with Gasteiger partial charge in [0.2, 0.25) is 5.88 Å². The van der Waals surface area contributed by atoms with Gasteiger partial charge in [-0.05, 0) is 12.5 Å². The second-order valence-electron chi connectivity index (χ2n) is 3.35. The van der Waals surface area contributed by atoms with Gasteiger partial charge in [-0.1, -0.05) is 11.6 Å². The number of halogens is 4. The zero-order valence-electron chi connectivity index (χ0n) is 8.93. The molecular weight excluding hydrogens is 257 g/mol. The fraction of sp³-hybridized carbons (Fsp3) is 0.500. The molecule has 1 aromatic heterocycles. The molecular formula is C10H12ClF3N2O. The van der Waals surface area contributed by atoms with Crippen LogP contribution in [0, 0.1) is 0 Å². The van der Waals surface area contributed by atoms with Gasteiger partial charge >= 0.3 is 6.18 Å². The van der Waals surface area contributed by atoms with Crippen LogP contribution in [0.2, 0.25) is 5.02 Å². The van der Waals surface area contributed by atoms with Crippen molar-refractivity contribution in [1.29, 1.82) is 0 Å². The Hall–Kier alpha value is -1.01. The second-order valence-corrected chi connectivity index (χ2v) is 3.76. The average molecular weight is 269 g/mol. The maximum Gasteiger partial charge on any atom is 0.389 e. The summed E-state index contributed by atoms with van der Waals surface area (Å²) in [6.45, 7) is 0.108. The van der Waals surface area contributed by atoms with Crippen LogP contribution in [0.25, 0.3) is 0 Å². The molecule has 7 heteroatoms. The first-order valence-electron chi connectivity index (χ1n) is 4.97. The standard InChI is InChI=1S/C10H12ClF3N2O/c11-7-2-3-9(16-8(7)6-15)17-5-1-4-10(12,13)14/h2-3H,1,4-6,15H2. The van der Waals surface area contributed by atoms with Gasteiger partial charge in [0.05, 0.1) is 17.3 Å². The van der Waals surface area contributed by atoms with Crippen molar-refractivity contribution < 1.29 is 17.9 Å². The lowest BCUT2D eigenvalue weighted by atomic mass is 10.3. The molecule has 0 atom stereocenters. The normalized spacial score (nSPS) is 11.6. The zero-order chi connectivity index (χ0) is 12.9. The third-order valence-corrected chi connectivity index (χ3v) is 2.29. The Kier molecular flexibility index (Phi) is 5.02. The Morgan fingerprint density at radius 1 is 1.35 bits per heavy atom. The molecule has 2 N–H and O–H groups in total. The summed E-state index contributed by atoms with van der Waals surface area (Å²) in [7, 11) is 0. The summed E-state index contributed by atoms with van der Waals surface area (Å²) in [6.07, 6.45) is -5.13. The summed E-state index contributed by atoms with van der Waals surface area (Å²) in [5, 5.41) is 0.412. The van der Waals surface area contributed by atoms with E-state index >= 15 is 0 Å². The van der Waals surface area contributed by atoms with E-state index in [4.69, 9.17) is 22.1 Å². The molecule has 0 bridgehead atoms. The number of hydrogen-bond donors (Lipinski definition) is 1. The lowest BCUT2D eigenvalue weighted by molar-refractivity contribution is -0.136. The van der Waals surface area contributed by atoms with Crippen LogP contribution in [0.1, 0.15) is 18.5 Å². The Labute approximate surface area is 102 Å². The first-order chi connectivity index (χ1) is 7.92. The van der Waals surface area contributed by atoms with Crippen LogP contribution in [-0.4, -0.2) is 17.8 Å². The number of aromatic nitrogens is 1. The molecule has 96 valence electrons. The molecule has 0 aliphatic rings.